The first-order valence-corrected chi connectivity index (χ1v) is 11.2. The van der Waals surface area contributed by atoms with Crippen LogP contribution in [0.25, 0.3) is 6.08 Å². The van der Waals surface area contributed by atoms with Crippen LogP contribution in [0.15, 0.2) is 54.3 Å². The molecule has 2 heterocycles. The first-order valence-electron chi connectivity index (χ1n) is 10.9. The van der Waals surface area contributed by atoms with Crippen LogP contribution in [-0.2, 0) is 22.7 Å². The van der Waals surface area contributed by atoms with Crippen LogP contribution in [0.3, 0.4) is 0 Å². The normalized spacial score (nSPS) is 15.2. The number of benzene rings is 3. The smallest absolute Gasteiger partial charge is 0.337 e. The zero-order valence-electron chi connectivity index (χ0n) is 19.1. The van der Waals surface area contributed by atoms with Crippen molar-refractivity contribution < 1.29 is 33.3 Å². The van der Waals surface area contributed by atoms with Crippen molar-refractivity contribution in [3.05, 3.63) is 92.7 Å². The first-order chi connectivity index (χ1) is 16.9. The average molecular weight is 493 g/mol. The van der Waals surface area contributed by atoms with E-state index in [1.807, 2.05) is 13.0 Å². The molecule has 0 spiro atoms. The fraction of sp³-hybridized carbons (Fsp3) is 0.185. The summed E-state index contributed by atoms with van der Waals surface area (Å²) in [4.78, 5) is 24.5. The van der Waals surface area contributed by atoms with E-state index in [0.717, 1.165) is 16.7 Å². The summed E-state index contributed by atoms with van der Waals surface area (Å²) in [5.41, 5.74) is 4.00. The van der Waals surface area contributed by atoms with Crippen molar-refractivity contribution in [1.82, 2.24) is 0 Å². The number of hydrogen-bond acceptors (Lipinski definition) is 7. The van der Waals surface area contributed by atoms with Crippen molar-refractivity contribution in [3.63, 3.8) is 0 Å². The van der Waals surface area contributed by atoms with Crippen molar-refractivity contribution >= 4 is 29.4 Å². The molecule has 2 aliphatic rings. The second-order valence-corrected chi connectivity index (χ2v) is 8.51. The van der Waals surface area contributed by atoms with Crippen LogP contribution in [0.4, 0.5) is 0 Å². The Morgan fingerprint density at radius 2 is 1.91 bits per heavy atom. The van der Waals surface area contributed by atoms with Gasteiger partial charge in [-0.05, 0) is 55.0 Å². The van der Waals surface area contributed by atoms with Crippen molar-refractivity contribution in [2.45, 2.75) is 20.1 Å². The predicted octanol–water partition coefficient (Wildman–Crippen LogP) is 5.50. The van der Waals surface area contributed by atoms with Crippen LogP contribution in [-0.4, -0.2) is 25.7 Å². The van der Waals surface area contributed by atoms with E-state index >= 15 is 0 Å². The Hall–Kier alpha value is -3.81. The standard InChI is InChI=1S/C27H21ClO7/c1-15-22(33-13-19-11-20(28)10-18-12-32-14-34-26(18)19)8-7-21-24(29)23(35-25(15)21)9-16-3-5-17(6-4-16)27(30)31-2/h3-11H,12-14H2,1-2H3/b23-9-. The lowest BCUT2D eigenvalue weighted by Crippen LogP contribution is -2.14. The second-order valence-electron chi connectivity index (χ2n) is 8.07. The third kappa shape index (κ3) is 4.48. The van der Waals surface area contributed by atoms with Gasteiger partial charge < -0.3 is 23.7 Å². The molecule has 0 saturated carbocycles. The zero-order valence-corrected chi connectivity index (χ0v) is 19.8. The second kappa shape index (κ2) is 9.44. The van der Waals surface area contributed by atoms with Gasteiger partial charge in [-0.3, -0.25) is 4.79 Å². The molecule has 0 unspecified atom stereocenters. The van der Waals surface area contributed by atoms with Crippen LogP contribution in [0.1, 0.15) is 43.0 Å². The zero-order chi connectivity index (χ0) is 24.5. The van der Waals surface area contributed by atoms with Gasteiger partial charge >= 0.3 is 5.97 Å². The number of fused-ring (bicyclic) bond motifs is 2. The highest BCUT2D eigenvalue weighted by Crippen LogP contribution is 2.40. The molecule has 3 aromatic carbocycles. The van der Waals surface area contributed by atoms with Gasteiger partial charge in [-0.15, -0.1) is 0 Å². The number of carbonyl (C=O) groups is 2. The molecule has 5 rings (SSSR count). The predicted molar refractivity (Wildman–Crippen MR) is 128 cm³/mol. The summed E-state index contributed by atoms with van der Waals surface area (Å²) in [7, 11) is 1.33. The van der Waals surface area contributed by atoms with E-state index < -0.39 is 5.97 Å². The van der Waals surface area contributed by atoms with Gasteiger partial charge in [0.15, 0.2) is 12.6 Å². The van der Waals surface area contributed by atoms with Crippen molar-refractivity contribution in [1.29, 1.82) is 0 Å². The maximum absolute atomic E-state index is 12.9. The topological polar surface area (TPSA) is 80.3 Å². The molecule has 0 saturated heterocycles. The molecule has 2 aliphatic heterocycles. The molecule has 0 aromatic heterocycles. The van der Waals surface area contributed by atoms with Crippen LogP contribution >= 0.6 is 11.6 Å². The Balaban J connectivity index is 1.36. The number of Topliss-reactive ketones (excluding diaryl/α,β-unsaturated/α-hetero) is 1. The summed E-state index contributed by atoms with van der Waals surface area (Å²) in [6.45, 7) is 2.67. The number of allylic oxidation sites excluding steroid dienone is 1. The van der Waals surface area contributed by atoms with Gasteiger partial charge in [-0.1, -0.05) is 23.7 Å². The number of methoxy groups -OCH3 is 1. The van der Waals surface area contributed by atoms with Gasteiger partial charge in [-0.25, -0.2) is 4.79 Å². The summed E-state index contributed by atoms with van der Waals surface area (Å²) in [6.07, 6.45) is 1.64. The van der Waals surface area contributed by atoms with E-state index in [1.54, 1.807) is 48.5 Å². The molecule has 0 fully saturated rings. The number of halogens is 1. The maximum atomic E-state index is 12.9. The lowest BCUT2D eigenvalue weighted by Gasteiger charge is -2.21. The average Bonchev–Trinajstić information content (AvgIpc) is 3.19. The fourth-order valence-electron chi connectivity index (χ4n) is 4.03. The Labute approximate surface area is 206 Å². The first kappa shape index (κ1) is 23.0. The number of ketones is 1. The lowest BCUT2D eigenvalue weighted by atomic mass is 10.1. The van der Waals surface area contributed by atoms with Crippen LogP contribution < -0.4 is 14.2 Å². The summed E-state index contributed by atoms with van der Waals surface area (Å²) >= 11 is 6.25. The third-order valence-electron chi connectivity index (χ3n) is 5.80. The van der Waals surface area contributed by atoms with Gasteiger partial charge in [0.1, 0.15) is 23.9 Å². The van der Waals surface area contributed by atoms with E-state index in [4.69, 9.17) is 35.3 Å². The minimum Gasteiger partial charge on any atom is -0.488 e. The minimum atomic E-state index is -0.425. The highest BCUT2D eigenvalue weighted by molar-refractivity contribution is 6.30. The van der Waals surface area contributed by atoms with E-state index in [2.05, 4.69) is 0 Å². The quantitative estimate of drug-likeness (QED) is 0.344. The minimum absolute atomic E-state index is 0.177. The van der Waals surface area contributed by atoms with Crippen molar-refractivity contribution in [2.24, 2.45) is 0 Å². The van der Waals surface area contributed by atoms with Crippen molar-refractivity contribution in [3.8, 4) is 17.2 Å². The fourth-order valence-corrected chi connectivity index (χ4v) is 4.29. The Kier molecular flexibility index (Phi) is 6.19. The third-order valence-corrected chi connectivity index (χ3v) is 6.02. The number of ether oxygens (including phenoxy) is 5. The van der Waals surface area contributed by atoms with Gasteiger partial charge in [0.2, 0.25) is 5.78 Å². The molecule has 7 nitrogen and oxygen atoms in total. The number of esters is 1. The molecule has 0 N–H and O–H groups in total. The molecule has 0 aliphatic carbocycles. The van der Waals surface area contributed by atoms with E-state index in [-0.39, 0.29) is 24.9 Å². The molecule has 178 valence electrons. The van der Waals surface area contributed by atoms with Gasteiger partial charge in [0.05, 0.1) is 24.8 Å². The summed E-state index contributed by atoms with van der Waals surface area (Å²) in [6, 6.07) is 13.8. The molecular formula is C27H21ClO7. The monoisotopic (exact) mass is 492 g/mol. The Morgan fingerprint density at radius 1 is 1.11 bits per heavy atom. The molecule has 8 heteroatoms. The largest absolute Gasteiger partial charge is 0.488 e. The molecule has 0 atom stereocenters. The number of carbonyl (C=O) groups excluding carboxylic acids is 2. The summed E-state index contributed by atoms with van der Waals surface area (Å²) in [5.74, 6) is 1.32. The number of rotatable bonds is 5. The van der Waals surface area contributed by atoms with Crippen LogP contribution in [0.2, 0.25) is 5.02 Å². The highest BCUT2D eigenvalue weighted by Gasteiger charge is 2.30. The molecule has 0 radical (unpaired) electrons. The Bertz CT molecular complexity index is 1360. The van der Waals surface area contributed by atoms with Gasteiger partial charge in [0.25, 0.3) is 0 Å². The van der Waals surface area contributed by atoms with Crippen LogP contribution in [0.5, 0.6) is 17.2 Å². The molecule has 35 heavy (non-hydrogen) atoms. The van der Waals surface area contributed by atoms with E-state index in [9.17, 15) is 9.59 Å². The maximum Gasteiger partial charge on any atom is 0.337 e. The lowest BCUT2D eigenvalue weighted by molar-refractivity contribution is -0.0175. The Morgan fingerprint density at radius 3 is 2.69 bits per heavy atom. The van der Waals surface area contributed by atoms with Gasteiger partial charge in [-0.2, -0.15) is 0 Å². The highest BCUT2D eigenvalue weighted by atomic mass is 35.5. The molecule has 0 bridgehead atoms. The van der Waals surface area contributed by atoms with Crippen molar-refractivity contribution in [2.75, 3.05) is 13.9 Å². The number of hydrogen-bond donors (Lipinski definition) is 0. The summed E-state index contributed by atoms with van der Waals surface area (Å²) in [5, 5.41) is 0.574. The molecule has 0 amide bonds. The van der Waals surface area contributed by atoms with E-state index in [1.165, 1.54) is 7.11 Å². The molecular weight excluding hydrogens is 472 g/mol. The van der Waals surface area contributed by atoms with Gasteiger partial charge in [0, 0.05) is 21.7 Å². The summed E-state index contributed by atoms with van der Waals surface area (Å²) < 4.78 is 27.7. The van der Waals surface area contributed by atoms with Crippen LogP contribution in [0, 0.1) is 6.92 Å². The SMILES string of the molecule is COC(=O)c1ccc(/C=C2\Oc3c(ccc(OCc4cc(Cl)cc5c4OCOC5)c3C)C2=O)cc1. The van der Waals surface area contributed by atoms with E-state index in [0.29, 0.717) is 45.6 Å². The molecule has 3 aromatic rings.